The lowest BCUT2D eigenvalue weighted by atomic mass is 9.94. The average molecular weight is 408 g/mol. The highest BCUT2D eigenvalue weighted by atomic mass is 35.5. The molecule has 9 heteroatoms. The van der Waals surface area contributed by atoms with E-state index in [4.69, 9.17) is 9.47 Å². The summed E-state index contributed by atoms with van der Waals surface area (Å²) in [6.45, 7) is 8.11. The first-order valence-corrected chi connectivity index (χ1v) is 8.59. The van der Waals surface area contributed by atoms with Gasteiger partial charge in [0.1, 0.15) is 0 Å². The number of rotatable bonds is 6. The van der Waals surface area contributed by atoms with Crippen molar-refractivity contribution in [1.82, 2.24) is 10.2 Å². The van der Waals surface area contributed by atoms with Crippen molar-refractivity contribution < 1.29 is 14.4 Å². The molecule has 148 valence electrons. The minimum absolute atomic E-state index is 0. The van der Waals surface area contributed by atoms with Crippen molar-refractivity contribution in [2.75, 3.05) is 33.0 Å². The Hall–Kier alpha value is -1.28. The van der Waals surface area contributed by atoms with Crippen molar-refractivity contribution in [3.8, 4) is 11.5 Å². The van der Waals surface area contributed by atoms with Gasteiger partial charge in [-0.1, -0.05) is 13.8 Å². The molecule has 0 amide bonds. The van der Waals surface area contributed by atoms with E-state index in [-0.39, 0.29) is 48.3 Å². The van der Waals surface area contributed by atoms with Gasteiger partial charge in [0.2, 0.25) is 6.79 Å². The van der Waals surface area contributed by atoms with E-state index in [1.54, 1.807) is 0 Å². The second-order valence-electron chi connectivity index (χ2n) is 6.79. The maximum atomic E-state index is 11.6. The first-order valence-electron chi connectivity index (χ1n) is 8.59. The Morgan fingerprint density at radius 1 is 1.15 bits per heavy atom. The van der Waals surface area contributed by atoms with E-state index in [0.717, 1.165) is 44.6 Å². The lowest BCUT2D eigenvalue weighted by Gasteiger charge is -2.35. The van der Waals surface area contributed by atoms with Crippen LogP contribution in [0.4, 0.5) is 5.69 Å². The number of halogens is 2. The van der Waals surface area contributed by atoms with Crippen LogP contribution in [0, 0.1) is 16.0 Å². The molecule has 0 aromatic heterocycles. The molecule has 0 bridgehead atoms. The van der Waals surface area contributed by atoms with Crippen molar-refractivity contribution in [3.05, 3.63) is 27.8 Å². The van der Waals surface area contributed by atoms with Crippen LogP contribution in [0.15, 0.2) is 12.1 Å². The molecule has 0 aliphatic carbocycles. The third-order valence-electron chi connectivity index (χ3n) is 4.69. The molecule has 0 spiro atoms. The molecule has 0 radical (unpaired) electrons. The molecule has 1 aromatic rings. The van der Waals surface area contributed by atoms with Gasteiger partial charge in [-0.25, -0.2) is 0 Å². The van der Waals surface area contributed by atoms with Crippen molar-refractivity contribution in [3.63, 3.8) is 0 Å². The zero-order valence-corrected chi connectivity index (χ0v) is 16.7. The second-order valence-corrected chi connectivity index (χ2v) is 6.79. The standard InChI is InChI=1S/C17H25N3O4.2ClH/c1-12(2)3-4-14(19-7-5-18-6-8-19)13-9-16-17(24-11-23-16)10-15(13)20(21)22;;/h9-10,12,14,18H,3-8,11H2,1-2H3;2*1H/t14-;;/m1../s1. The molecular formula is C17H27Cl2N3O4. The third kappa shape index (κ3) is 5.13. The van der Waals surface area contributed by atoms with Gasteiger partial charge in [0.15, 0.2) is 11.5 Å². The molecule has 0 saturated carbocycles. The lowest BCUT2D eigenvalue weighted by Crippen LogP contribution is -2.45. The number of nitrogens with one attached hydrogen (secondary N) is 1. The number of fused-ring (bicyclic) bond motifs is 1. The fraction of sp³-hybridized carbons (Fsp3) is 0.647. The van der Waals surface area contributed by atoms with Crippen LogP contribution >= 0.6 is 24.8 Å². The number of nitro benzene ring substituents is 1. The SMILES string of the molecule is CC(C)CC[C@H](c1cc2c(cc1[N+](=O)[O-])OCO2)N1CCNCC1.Cl.Cl. The van der Waals surface area contributed by atoms with E-state index in [0.29, 0.717) is 17.4 Å². The van der Waals surface area contributed by atoms with Gasteiger partial charge in [0, 0.05) is 32.2 Å². The summed E-state index contributed by atoms with van der Waals surface area (Å²) in [6.07, 6.45) is 1.93. The summed E-state index contributed by atoms with van der Waals surface area (Å²) in [5.74, 6) is 1.64. The van der Waals surface area contributed by atoms with Gasteiger partial charge in [-0.15, -0.1) is 24.8 Å². The summed E-state index contributed by atoms with van der Waals surface area (Å²) >= 11 is 0. The van der Waals surface area contributed by atoms with E-state index in [2.05, 4.69) is 24.1 Å². The van der Waals surface area contributed by atoms with Gasteiger partial charge < -0.3 is 14.8 Å². The summed E-state index contributed by atoms with van der Waals surface area (Å²) < 4.78 is 10.8. The highest BCUT2D eigenvalue weighted by molar-refractivity contribution is 5.85. The summed E-state index contributed by atoms with van der Waals surface area (Å²) in [5, 5.41) is 15.0. The Bertz CT molecular complexity index is 610. The number of nitrogens with zero attached hydrogens (tertiary/aromatic N) is 2. The smallest absolute Gasteiger partial charge is 0.278 e. The number of hydrogen-bond donors (Lipinski definition) is 1. The molecule has 1 aromatic carbocycles. The maximum absolute atomic E-state index is 11.6. The van der Waals surface area contributed by atoms with Crippen LogP contribution in [0.2, 0.25) is 0 Å². The maximum Gasteiger partial charge on any atom is 0.278 e. The molecule has 2 aliphatic rings. The van der Waals surface area contributed by atoms with E-state index in [9.17, 15) is 10.1 Å². The molecule has 0 unspecified atom stereocenters. The van der Waals surface area contributed by atoms with Gasteiger partial charge >= 0.3 is 0 Å². The molecule has 2 heterocycles. The normalized spacial score (nSPS) is 17.3. The zero-order chi connectivity index (χ0) is 17.1. The Labute approximate surface area is 166 Å². The minimum Gasteiger partial charge on any atom is -0.454 e. The van der Waals surface area contributed by atoms with Crippen LogP contribution in [0.25, 0.3) is 0 Å². The van der Waals surface area contributed by atoms with Crippen molar-refractivity contribution in [2.45, 2.75) is 32.7 Å². The van der Waals surface area contributed by atoms with Crippen LogP contribution in [0.3, 0.4) is 0 Å². The molecule has 1 atom stereocenters. The number of piperazine rings is 1. The molecule has 3 rings (SSSR count). The number of hydrogen-bond acceptors (Lipinski definition) is 6. The zero-order valence-electron chi connectivity index (χ0n) is 15.1. The Balaban J connectivity index is 0.00000169. The predicted molar refractivity (Wildman–Crippen MR) is 105 cm³/mol. The minimum atomic E-state index is -0.304. The van der Waals surface area contributed by atoms with Gasteiger partial charge in [-0.05, 0) is 24.8 Å². The fourth-order valence-electron chi connectivity index (χ4n) is 3.39. The van der Waals surface area contributed by atoms with Gasteiger partial charge in [-0.2, -0.15) is 0 Å². The summed E-state index contributed by atoms with van der Waals surface area (Å²) in [6, 6.07) is 3.36. The number of benzene rings is 1. The van der Waals surface area contributed by atoms with Gasteiger partial charge in [0.05, 0.1) is 16.6 Å². The van der Waals surface area contributed by atoms with Crippen LogP contribution in [-0.4, -0.2) is 42.8 Å². The van der Waals surface area contributed by atoms with Crippen molar-refractivity contribution >= 4 is 30.5 Å². The second kappa shape index (κ2) is 10.2. The van der Waals surface area contributed by atoms with E-state index < -0.39 is 0 Å². The summed E-state index contributed by atoms with van der Waals surface area (Å²) in [5.41, 5.74) is 0.873. The summed E-state index contributed by atoms with van der Waals surface area (Å²) in [4.78, 5) is 13.7. The lowest BCUT2D eigenvalue weighted by molar-refractivity contribution is -0.386. The highest BCUT2D eigenvalue weighted by Gasteiger charge is 2.31. The van der Waals surface area contributed by atoms with Crippen molar-refractivity contribution in [2.24, 2.45) is 5.92 Å². The molecule has 1 N–H and O–H groups in total. The van der Waals surface area contributed by atoms with Crippen LogP contribution in [0.1, 0.15) is 38.3 Å². The largest absolute Gasteiger partial charge is 0.454 e. The first kappa shape index (κ1) is 22.8. The Kier molecular flexibility index (Phi) is 8.89. The van der Waals surface area contributed by atoms with E-state index in [1.165, 1.54) is 6.07 Å². The monoisotopic (exact) mass is 407 g/mol. The molecule has 26 heavy (non-hydrogen) atoms. The Morgan fingerprint density at radius 3 is 2.35 bits per heavy atom. The van der Waals surface area contributed by atoms with E-state index >= 15 is 0 Å². The topological polar surface area (TPSA) is 76.9 Å². The predicted octanol–water partition coefficient (Wildman–Crippen LogP) is 3.55. The molecular weight excluding hydrogens is 381 g/mol. The average Bonchev–Trinajstić information content (AvgIpc) is 3.02. The van der Waals surface area contributed by atoms with Gasteiger partial charge in [0.25, 0.3) is 5.69 Å². The number of ether oxygens (including phenoxy) is 2. The van der Waals surface area contributed by atoms with Crippen LogP contribution in [0.5, 0.6) is 11.5 Å². The van der Waals surface area contributed by atoms with Crippen molar-refractivity contribution in [1.29, 1.82) is 0 Å². The van der Waals surface area contributed by atoms with Crippen LogP contribution in [-0.2, 0) is 0 Å². The van der Waals surface area contributed by atoms with Gasteiger partial charge in [-0.3, -0.25) is 15.0 Å². The molecule has 1 fully saturated rings. The fourth-order valence-corrected chi connectivity index (χ4v) is 3.39. The number of nitro groups is 1. The van der Waals surface area contributed by atoms with Crippen LogP contribution < -0.4 is 14.8 Å². The summed E-state index contributed by atoms with van der Waals surface area (Å²) in [7, 11) is 0. The molecule has 1 saturated heterocycles. The molecule has 7 nitrogen and oxygen atoms in total. The highest BCUT2D eigenvalue weighted by Crippen LogP contribution is 2.43. The third-order valence-corrected chi connectivity index (χ3v) is 4.69. The molecule has 2 aliphatic heterocycles. The quantitative estimate of drug-likeness (QED) is 0.573. The first-order chi connectivity index (χ1) is 11.6. The Morgan fingerprint density at radius 2 is 1.77 bits per heavy atom. The van der Waals surface area contributed by atoms with E-state index in [1.807, 2.05) is 6.07 Å².